The molecule has 29 heavy (non-hydrogen) atoms. The highest BCUT2D eigenvalue weighted by atomic mass is 16.1. The zero-order chi connectivity index (χ0) is 19.6. The van der Waals surface area contributed by atoms with E-state index in [1.165, 1.54) is 12.8 Å². The van der Waals surface area contributed by atoms with Gasteiger partial charge in [0.25, 0.3) is 0 Å². The van der Waals surface area contributed by atoms with E-state index in [0.717, 1.165) is 46.4 Å². The molecular weight excluding hydrogens is 364 g/mol. The van der Waals surface area contributed by atoms with E-state index in [4.69, 9.17) is 0 Å². The second kappa shape index (κ2) is 7.50. The molecule has 1 saturated carbocycles. The van der Waals surface area contributed by atoms with Crippen LogP contribution in [-0.4, -0.2) is 31.1 Å². The van der Waals surface area contributed by atoms with Crippen LogP contribution in [0.4, 0.5) is 0 Å². The van der Waals surface area contributed by atoms with Crippen molar-refractivity contribution in [2.45, 2.75) is 32.2 Å². The molecule has 0 unspecified atom stereocenters. The topological polar surface area (TPSA) is 88.5 Å². The van der Waals surface area contributed by atoms with Crippen molar-refractivity contribution in [1.82, 2.24) is 30.5 Å². The molecular formula is C22H22N6O. The van der Waals surface area contributed by atoms with Crippen molar-refractivity contribution >= 4 is 16.8 Å². The van der Waals surface area contributed by atoms with Gasteiger partial charge in [0.15, 0.2) is 0 Å². The number of hydrogen-bond donors (Lipinski definition) is 2. The summed E-state index contributed by atoms with van der Waals surface area (Å²) in [4.78, 5) is 12.2. The maximum absolute atomic E-state index is 12.2. The highest BCUT2D eigenvalue weighted by molar-refractivity contribution is 5.91. The molecule has 0 aliphatic heterocycles. The minimum Gasteiger partial charge on any atom is -0.352 e. The van der Waals surface area contributed by atoms with Gasteiger partial charge in [-0.15, -0.1) is 5.10 Å². The van der Waals surface area contributed by atoms with Crippen LogP contribution in [-0.2, 0) is 11.3 Å². The van der Waals surface area contributed by atoms with Gasteiger partial charge < -0.3 is 5.32 Å². The number of carbonyl (C=O) groups is 1. The normalized spacial score (nSPS) is 14.5. The van der Waals surface area contributed by atoms with E-state index in [0.29, 0.717) is 6.54 Å². The maximum Gasteiger partial charge on any atom is 0.223 e. The molecule has 2 heterocycles. The predicted octanol–water partition coefficient (Wildman–Crippen LogP) is 3.62. The van der Waals surface area contributed by atoms with Gasteiger partial charge in [-0.2, -0.15) is 5.10 Å². The fraction of sp³-hybridized carbons (Fsp3) is 0.273. The highest BCUT2D eigenvalue weighted by Gasteiger charge is 2.22. The van der Waals surface area contributed by atoms with Crippen LogP contribution < -0.4 is 5.32 Å². The van der Waals surface area contributed by atoms with Gasteiger partial charge in [0.05, 0.1) is 17.4 Å². The molecule has 1 amide bonds. The Morgan fingerprint density at radius 3 is 2.72 bits per heavy atom. The first-order valence-electron chi connectivity index (χ1n) is 10.0. The summed E-state index contributed by atoms with van der Waals surface area (Å²) in [5.74, 6) is 0.375. The van der Waals surface area contributed by atoms with E-state index < -0.39 is 0 Å². The lowest BCUT2D eigenvalue weighted by molar-refractivity contribution is -0.124. The molecule has 0 bridgehead atoms. The smallest absolute Gasteiger partial charge is 0.223 e. The zero-order valence-corrected chi connectivity index (χ0v) is 16.0. The Morgan fingerprint density at radius 2 is 1.90 bits per heavy atom. The molecule has 1 aliphatic rings. The fourth-order valence-electron chi connectivity index (χ4n) is 3.95. The van der Waals surface area contributed by atoms with Crippen LogP contribution in [0, 0.1) is 5.92 Å². The second-order valence-corrected chi connectivity index (χ2v) is 7.53. The summed E-state index contributed by atoms with van der Waals surface area (Å²) in [5, 5.41) is 20.0. The number of amides is 1. The van der Waals surface area contributed by atoms with Gasteiger partial charge in [-0.3, -0.25) is 9.89 Å². The van der Waals surface area contributed by atoms with Crippen LogP contribution in [0.1, 0.15) is 31.2 Å². The lowest BCUT2D eigenvalue weighted by atomic mass is 10.1. The van der Waals surface area contributed by atoms with Crippen LogP contribution >= 0.6 is 0 Å². The first-order chi connectivity index (χ1) is 14.3. The summed E-state index contributed by atoms with van der Waals surface area (Å²) in [5.41, 5.74) is 4.46. The number of para-hydroxylation sites is 1. The SMILES string of the molecule is O=C(NCc1ccc(-n2cc(-c3n[nH]c4ccccc34)nn2)cc1)C1CCCC1. The Bertz CT molecular complexity index is 1140. The predicted molar refractivity (Wildman–Crippen MR) is 110 cm³/mol. The molecule has 146 valence electrons. The van der Waals surface area contributed by atoms with Crippen molar-refractivity contribution in [1.29, 1.82) is 0 Å². The molecule has 2 aromatic carbocycles. The molecule has 2 aromatic heterocycles. The van der Waals surface area contributed by atoms with Crippen LogP contribution in [0.2, 0.25) is 0 Å². The molecule has 5 rings (SSSR count). The highest BCUT2D eigenvalue weighted by Crippen LogP contribution is 2.25. The third kappa shape index (κ3) is 3.51. The van der Waals surface area contributed by atoms with Gasteiger partial charge in [0.1, 0.15) is 11.4 Å². The summed E-state index contributed by atoms with van der Waals surface area (Å²) in [6.45, 7) is 0.553. The van der Waals surface area contributed by atoms with Crippen molar-refractivity contribution in [3.63, 3.8) is 0 Å². The van der Waals surface area contributed by atoms with E-state index in [1.807, 2.05) is 54.7 Å². The average Bonchev–Trinajstić information content (AvgIpc) is 3.52. The Hall–Kier alpha value is -3.48. The molecule has 2 N–H and O–H groups in total. The number of benzene rings is 2. The van der Waals surface area contributed by atoms with E-state index >= 15 is 0 Å². The van der Waals surface area contributed by atoms with Crippen molar-refractivity contribution < 1.29 is 4.79 Å². The number of aromatic nitrogens is 5. The number of carbonyl (C=O) groups excluding carboxylic acids is 1. The van der Waals surface area contributed by atoms with Crippen molar-refractivity contribution in [3.8, 4) is 17.1 Å². The zero-order valence-electron chi connectivity index (χ0n) is 16.0. The average molecular weight is 386 g/mol. The van der Waals surface area contributed by atoms with Crippen molar-refractivity contribution in [2.24, 2.45) is 5.92 Å². The Labute approximate surface area is 168 Å². The molecule has 0 atom stereocenters. The molecule has 4 aromatic rings. The molecule has 0 saturated heterocycles. The van der Waals surface area contributed by atoms with Crippen LogP contribution in [0.15, 0.2) is 54.7 Å². The van der Waals surface area contributed by atoms with Gasteiger partial charge in [-0.1, -0.05) is 48.4 Å². The van der Waals surface area contributed by atoms with Gasteiger partial charge in [-0.25, -0.2) is 4.68 Å². The van der Waals surface area contributed by atoms with Crippen LogP contribution in [0.25, 0.3) is 28.0 Å². The molecule has 0 radical (unpaired) electrons. The minimum atomic E-state index is 0.179. The lowest BCUT2D eigenvalue weighted by Gasteiger charge is -2.10. The van der Waals surface area contributed by atoms with Gasteiger partial charge in [-0.05, 0) is 36.6 Å². The summed E-state index contributed by atoms with van der Waals surface area (Å²) in [6.07, 6.45) is 6.25. The van der Waals surface area contributed by atoms with Crippen molar-refractivity contribution in [3.05, 3.63) is 60.3 Å². The van der Waals surface area contributed by atoms with Gasteiger partial charge in [0.2, 0.25) is 5.91 Å². The summed E-state index contributed by atoms with van der Waals surface area (Å²) in [6, 6.07) is 15.9. The van der Waals surface area contributed by atoms with E-state index in [-0.39, 0.29) is 11.8 Å². The van der Waals surface area contributed by atoms with Gasteiger partial charge >= 0.3 is 0 Å². The number of H-pyrrole nitrogens is 1. The van der Waals surface area contributed by atoms with Crippen LogP contribution in [0.3, 0.4) is 0 Å². The summed E-state index contributed by atoms with van der Waals surface area (Å²) >= 11 is 0. The first kappa shape index (κ1) is 17.6. The lowest BCUT2D eigenvalue weighted by Crippen LogP contribution is -2.28. The van der Waals surface area contributed by atoms with E-state index in [1.54, 1.807) is 4.68 Å². The van der Waals surface area contributed by atoms with Gasteiger partial charge in [0, 0.05) is 17.8 Å². The quantitative estimate of drug-likeness (QED) is 0.548. The fourth-order valence-corrected chi connectivity index (χ4v) is 3.95. The monoisotopic (exact) mass is 386 g/mol. The van der Waals surface area contributed by atoms with E-state index in [2.05, 4.69) is 25.8 Å². The summed E-state index contributed by atoms with van der Waals surface area (Å²) < 4.78 is 1.74. The number of rotatable bonds is 5. The number of aromatic amines is 1. The van der Waals surface area contributed by atoms with Crippen LogP contribution in [0.5, 0.6) is 0 Å². The third-order valence-electron chi connectivity index (χ3n) is 5.60. The second-order valence-electron chi connectivity index (χ2n) is 7.53. The molecule has 0 spiro atoms. The number of nitrogens with one attached hydrogen (secondary N) is 2. The van der Waals surface area contributed by atoms with Crippen molar-refractivity contribution in [2.75, 3.05) is 0 Å². The number of nitrogens with zero attached hydrogens (tertiary/aromatic N) is 4. The third-order valence-corrected chi connectivity index (χ3v) is 5.60. The molecule has 7 heteroatoms. The summed E-state index contributed by atoms with van der Waals surface area (Å²) in [7, 11) is 0. The number of fused-ring (bicyclic) bond motifs is 1. The number of hydrogen-bond acceptors (Lipinski definition) is 4. The Balaban J connectivity index is 1.29. The minimum absolute atomic E-state index is 0.179. The molecule has 1 aliphatic carbocycles. The molecule has 1 fully saturated rings. The first-order valence-corrected chi connectivity index (χ1v) is 10.0. The Kier molecular flexibility index (Phi) is 4.56. The molecule has 7 nitrogen and oxygen atoms in total. The standard InChI is InChI=1S/C22H22N6O/c29-22(16-5-1-2-6-16)23-13-15-9-11-17(12-10-15)28-14-20(25-27-28)21-18-7-3-4-8-19(18)24-26-21/h3-4,7-12,14,16H,1-2,5-6,13H2,(H,23,29)(H,24,26). The maximum atomic E-state index is 12.2. The van der Waals surface area contributed by atoms with E-state index in [9.17, 15) is 4.79 Å². The Morgan fingerprint density at radius 1 is 1.10 bits per heavy atom. The largest absolute Gasteiger partial charge is 0.352 e.